The van der Waals surface area contributed by atoms with Gasteiger partial charge in [0.2, 0.25) is 5.75 Å². The van der Waals surface area contributed by atoms with Crippen LogP contribution in [0.1, 0.15) is 6.92 Å². The number of morpholine rings is 1. The lowest BCUT2D eigenvalue weighted by atomic mass is 10.2. The third-order valence-corrected chi connectivity index (χ3v) is 3.02. The Balaban J connectivity index is 1.99. The molecule has 2 rings (SSSR count). The van der Waals surface area contributed by atoms with Crippen LogP contribution in [0.4, 0.5) is 0 Å². The Morgan fingerprint density at radius 1 is 1.21 bits per heavy atom. The van der Waals surface area contributed by atoms with Crippen molar-refractivity contribution in [1.82, 2.24) is 5.32 Å². The molecule has 1 saturated heterocycles. The summed E-state index contributed by atoms with van der Waals surface area (Å²) in [6.45, 7) is 4.22. The fourth-order valence-electron chi connectivity index (χ4n) is 2.12. The third-order valence-electron chi connectivity index (χ3n) is 3.02. The lowest BCUT2D eigenvalue weighted by Gasteiger charge is -2.28. The second-order valence-electron chi connectivity index (χ2n) is 4.53. The predicted octanol–water partition coefficient (Wildman–Crippen LogP) is 1.46. The van der Waals surface area contributed by atoms with Gasteiger partial charge in [-0.25, -0.2) is 0 Å². The van der Waals surface area contributed by atoms with E-state index in [0.717, 1.165) is 13.1 Å². The minimum atomic E-state index is 0.0552. The van der Waals surface area contributed by atoms with E-state index in [2.05, 4.69) is 5.32 Å². The largest absolute Gasteiger partial charge is 0.493 e. The maximum atomic E-state index is 5.79. The minimum Gasteiger partial charge on any atom is -0.493 e. The predicted molar refractivity (Wildman–Crippen MR) is 72.2 cm³/mol. The van der Waals surface area contributed by atoms with Gasteiger partial charge in [-0.15, -0.1) is 0 Å². The van der Waals surface area contributed by atoms with E-state index >= 15 is 0 Å². The van der Waals surface area contributed by atoms with Gasteiger partial charge in [-0.3, -0.25) is 0 Å². The van der Waals surface area contributed by atoms with Gasteiger partial charge in [0, 0.05) is 13.1 Å². The van der Waals surface area contributed by atoms with Crippen molar-refractivity contribution in [3.63, 3.8) is 0 Å². The van der Waals surface area contributed by atoms with E-state index in [9.17, 15) is 0 Å². The van der Waals surface area contributed by atoms with Gasteiger partial charge in [-0.1, -0.05) is 6.07 Å². The standard InChI is InChI=1S/C14H21NO4/c1-10-7-15-8-11(19-10)9-18-13-6-4-5-12(16-2)14(13)17-3/h4-6,10-11,15H,7-9H2,1-3H3. The molecule has 1 aromatic carbocycles. The van der Waals surface area contributed by atoms with Crippen LogP contribution in [0.15, 0.2) is 18.2 Å². The number of para-hydroxylation sites is 1. The molecule has 0 bridgehead atoms. The highest BCUT2D eigenvalue weighted by Gasteiger charge is 2.20. The number of ether oxygens (including phenoxy) is 4. The number of hydrogen-bond donors (Lipinski definition) is 1. The third kappa shape index (κ3) is 3.52. The van der Waals surface area contributed by atoms with Crippen molar-refractivity contribution in [2.24, 2.45) is 0 Å². The second kappa shape index (κ2) is 6.63. The zero-order valence-corrected chi connectivity index (χ0v) is 11.6. The second-order valence-corrected chi connectivity index (χ2v) is 4.53. The number of benzene rings is 1. The summed E-state index contributed by atoms with van der Waals surface area (Å²) in [5.74, 6) is 1.95. The molecule has 2 atom stereocenters. The van der Waals surface area contributed by atoms with Crippen LogP contribution in [0.5, 0.6) is 17.2 Å². The van der Waals surface area contributed by atoms with Crippen molar-refractivity contribution >= 4 is 0 Å². The Hall–Kier alpha value is -1.46. The molecular weight excluding hydrogens is 246 g/mol. The quantitative estimate of drug-likeness (QED) is 0.875. The Kier molecular flexibility index (Phi) is 4.87. The first-order chi connectivity index (χ1) is 9.24. The molecule has 2 unspecified atom stereocenters. The van der Waals surface area contributed by atoms with E-state index in [1.165, 1.54) is 0 Å². The molecule has 19 heavy (non-hydrogen) atoms. The normalized spacial score (nSPS) is 22.9. The van der Waals surface area contributed by atoms with Gasteiger partial charge >= 0.3 is 0 Å². The van der Waals surface area contributed by atoms with Crippen LogP contribution in [0, 0.1) is 0 Å². The van der Waals surface area contributed by atoms with Crippen molar-refractivity contribution in [3.05, 3.63) is 18.2 Å². The first kappa shape index (κ1) is 14.0. The Morgan fingerprint density at radius 2 is 2.00 bits per heavy atom. The summed E-state index contributed by atoms with van der Waals surface area (Å²) in [4.78, 5) is 0. The molecule has 0 aromatic heterocycles. The summed E-state index contributed by atoms with van der Waals surface area (Å²) >= 11 is 0. The molecule has 1 aliphatic heterocycles. The molecular formula is C14H21NO4. The van der Waals surface area contributed by atoms with Crippen molar-refractivity contribution in [1.29, 1.82) is 0 Å². The van der Waals surface area contributed by atoms with Gasteiger partial charge in [0.25, 0.3) is 0 Å². The number of nitrogens with one attached hydrogen (secondary N) is 1. The van der Waals surface area contributed by atoms with Gasteiger partial charge in [0.15, 0.2) is 11.5 Å². The summed E-state index contributed by atoms with van der Waals surface area (Å²) < 4.78 is 22.1. The zero-order valence-electron chi connectivity index (χ0n) is 11.6. The fourth-order valence-corrected chi connectivity index (χ4v) is 2.12. The molecule has 1 fully saturated rings. The summed E-state index contributed by atoms with van der Waals surface area (Å²) in [6, 6.07) is 5.58. The highest BCUT2D eigenvalue weighted by atomic mass is 16.6. The van der Waals surface area contributed by atoms with Crippen LogP contribution >= 0.6 is 0 Å². The highest BCUT2D eigenvalue weighted by molar-refractivity contribution is 5.51. The lowest BCUT2D eigenvalue weighted by Crippen LogP contribution is -2.45. The first-order valence-electron chi connectivity index (χ1n) is 6.44. The molecule has 1 aromatic rings. The van der Waals surface area contributed by atoms with Crippen LogP contribution in [-0.2, 0) is 4.74 Å². The molecule has 1 aliphatic rings. The Labute approximate surface area is 113 Å². The van der Waals surface area contributed by atoms with E-state index in [4.69, 9.17) is 18.9 Å². The maximum Gasteiger partial charge on any atom is 0.203 e. The summed E-state index contributed by atoms with van der Waals surface area (Å²) in [7, 11) is 3.21. The van der Waals surface area contributed by atoms with Crippen LogP contribution in [0.3, 0.4) is 0 Å². The molecule has 5 nitrogen and oxygen atoms in total. The first-order valence-corrected chi connectivity index (χ1v) is 6.44. The average Bonchev–Trinajstić information content (AvgIpc) is 2.44. The Bertz CT molecular complexity index is 410. The van der Waals surface area contributed by atoms with Gasteiger partial charge in [-0.2, -0.15) is 0 Å². The average molecular weight is 267 g/mol. The van der Waals surface area contributed by atoms with Crippen LogP contribution < -0.4 is 19.5 Å². The molecule has 0 radical (unpaired) electrons. The summed E-state index contributed by atoms with van der Waals surface area (Å²) in [5.41, 5.74) is 0. The van der Waals surface area contributed by atoms with E-state index in [-0.39, 0.29) is 12.2 Å². The monoisotopic (exact) mass is 267 g/mol. The van der Waals surface area contributed by atoms with Crippen molar-refractivity contribution in [2.75, 3.05) is 33.9 Å². The summed E-state index contributed by atoms with van der Waals surface area (Å²) in [5, 5.41) is 3.31. The van der Waals surface area contributed by atoms with E-state index < -0.39 is 0 Å². The van der Waals surface area contributed by atoms with E-state index in [1.807, 2.05) is 25.1 Å². The molecule has 1 N–H and O–H groups in total. The van der Waals surface area contributed by atoms with Crippen LogP contribution in [-0.4, -0.2) is 46.1 Å². The highest BCUT2D eigenvalue weighted by Crippen LogP contribution is 2.36. The van der Waals surface area contributed by atoms with Crippen molar-refractivity contribution < 1.29 is 18.9 Å². The van der Waals surface area contributed by atoms with E-state index in [1.54, 1.807) is 14.2 Å². The number of hydrogen-bond acceptors (Lipinski definition) is 5. The maximum absolute atomic E-state index is 5.79. The molecule has 0 saturated carbocycles. The minimum absolute atomic E-state index is 0.0552. The SMILES string of the molecule is COc1cccc(OCC2CNCC(C)O2)c1OC. The van der Waals surface area contributed by atoms with Gasteiger partial charge < -0.3 is 24.3 Å². The van der Waals surface area contributed by atoms with E-state index in [0.29, 0.717) is 23.9 Å². The van der Waals surface area contributed by atoms with Gasteiger partial charge in [-0.05, 0) is 19.1 Å². The Morgan fingerprint density at radius 3 is 2.68 bits per heavy atom. The topological polar surface area (TPSA) is 49.0 Å². The lowest BCUT2D eigenvalue weighted by molar-refractivity contribution is -0.0473. The molecule has 0 spiro atoms. The smallest absolute Gasteiger partial charge is 0.203 e. The fraction of sp³-hybridized carbons (Fsp3) is 0.571. The van der Waals surface area contributed by atoms with Crippen molar-refractivity contribution in [2.45, 2.75) is 19.1 Å². The summed E-state index contributed by atoms with van der Waals surface area (Å²) in [6.07, 6.45) is 0.272. The van der Waals surface area contributed by atoms with Crippen molar-refractivity contribution in [3.8, 4) is 17.2 Å². The van der Waals surface area contributed by atoms with Crippen LogP contribution in [0.2, 0.25) is 0 Å². The number of rotatable bonds is 5. The molecule has 1 heterocycles. The zero-order chi connectivity index (χ0) is 13.7. The molecule has 106 valence electrons. The number of methoxy groups -OCH3 is 2. The molecule has 0 aliphatic carbocycles. The van der Waals surface area contributed by atoms with Crippen LogP contribution in [0.25, 0.3) is 0 Å². The van der Waals surface area contributed by atoms with Gasteiger partial charge in [0.05, 0.1) is 20.3 Å². The molecule has 0 amide bonds. The van der Waals surface area contributed by atoms with Gasteiger partial charge in [0.1, 0.15) is 12.7 Å². The molecule has 5 heteroatoms.